The molecule has 3 rings (SSSR count). The number of benzene rings is 1. The molecule has 2 fully saturated rings. The molecule has 0 bridgehead atoms. The van der Waals surface area contributed by atoms with Crippen molar-refractivity contribution in [1.82, 2.24) is 35.4 Å². The van der Waals surface area contributed by atoms with Crippen LogP contribution in [0.15, 0.2) is 35.3 Å². The van der Waals surface area contributed by atoms with E-state index in [0.29, 0.717) is 31.4 Å². The molecule has 8 unspecified atom stereocenters. The van der Waals surface area contributed by atoms with Crippen molar-refractivity contribution >= 4 is 90.8 Å². The number of carbonyl (C=O) groups is 9. The second kappa shape index (κ2) is 29.3. The maximum absolute atomic E-state index is 14.6. The zero-order valence-electron chi connectivity index (χ0n) is 44.5. The van der Waals surface area contributed by atoms with Crippen LogP contribution in [0.3, 0.4) is 0 Å². The average molecular weight is 1160 g/mol. The summed E-state index contributed by atoms with van der Waals surface area (Å²) in [5.74, 6) is -6.38. The fourth-order valence-electron chi connectivity index (χ4n) is 9.57. The van der Waals surface area contributed by atoms with E-state index >= 15 is 0 Å². The van der Waals surface area contributed by atoms with Crippen LogP contribution in [0.5, 0.6) is 0 Å². The number of rotatable bonds is 27. The van der Waals surface area contributed by atoms with E-state index in [1.54, 1.807) is 68.0 Å². The highest BCUT2D eigenvalue weighted by Gasteiger charge is 2.45. The molecule has 10 atom stereocenters. The lowest BCUT2D eigenvalue weighted by atomic mass is 9.89. The normalized spacial score (nSPS) is 20.2. The van der Waals surface area contributed by atoms with E-state index in [4.69, 9.17) is 9.47 Å². The van der Waals surface area contributed by atoms with Gasteiger partial charge < -0.3 is 39.9 Å². The van der Waals surface area contributed by atoms with Crippen molar-refractivity contribution in [3.05, 3.63) is 35.9 Å². The highest BCUT2D eigenvalue weighted by atomic mass is 79.9. The molecular formula is C51H78Br2N8O12. The Bertz CT molecular complexity index is 2130. The van der Waals surface area contributed by atoms with Crippen molar-refractivity contribution in [2.45, 2.75) is 146 Å². The third-order valence-corrected chi connectivity index (χ3v) is 16.5. The summed E-state index contributed by atoms with van der Waals surface area (Å²) in [4.78, 5) is 127. The number of aliphatic imine (C=N–C) groups is 1. The van der Waals surface area contributed by atoms with Gasteiger partial charge >= 0.3 is 5.97 Å². The largest absolute Gasteiger partial charge is 0.477 e. The standard InChI is InChI=1S/C51H78Br2N8O12/c1-13-31(6)44(36(72-11)28-39(64)60-25-18-21-35(60)45(73-12)32(7)46(65)55-34(51(70)71)27-33-19-15-14-16-20-33)58(9)50(69)42(29(2)3)56-47(66)43(30(4)5)57(8)38(63)22-17-24-54-37(62)23-26-61-49(68)41(53)40(52)48(67)59(61)10/h14-16,19-20,29-32,35-36,40-45H,13,17-18,21-28H2,1-12H3,(H,54,62)(H,56,66)(H,70,71)/t31-,32+,35?,36?,40?,41?,42?,43?,44?,45?/m0/s1. The Balaban J connectivity index is 1.69. The topological polar surface area (TPSA) is 245 Å². The van der Waals surface area contributed by atoms with E-state index in [2.05, 4.69) is 47.5 Å². The number of likely N-dealkylation sites (tertiary alicyclic amines) is 1. The Morgan fingerprint density at radius 1 is 0.890 bits per heavy atom. The molecule has 2 heterocycles. The second-order valence-electron chi connectivity index (χ2n) is 19.7. The van der Waals surface area contributed by atoms with Crippen molar-refractivity contribution in [2.75, 3.05) is 55.0 Å². The van der Waals surface area contributed by atoms with Gasteiger partial charge in [0.1, 0.15) is 27.4 Å². The number of carboxylic acids is 1. The minimum absolute atomic E-state index is 0.00878. The number of aliphatic carboxylic acids is 1. The van der Waals surface area contributed by atoms with E-state index in [-0.39, 0.29) is 98.2 Å². The van der Waals surface area contributed by atoms with Gasteiger partial charge in [-0.15, -0.1) is 0 Å². The van der Waals surface area contributed by atoms with E-state index in [1.807, 2.05) is 27.7 Å². The first kappa shape index (κ1) is 62.5. The molecule has 0 aromatic heterocycles. The molecule has 0 radical (unpaired) electrons. The predicted molar refractivity (Wildman–Crippen MR) is 281 cm³/mol. The van der Waals surface area contributed by atoms with Gasteiger partial charge in [-0.2, -0.15) is 0 Å². The van der Waals surface area contributed by atoms with Crippen molar-refractivity contribution in [3.63, 3.8) is 0 Å². The summed E-state index contributed by atoms with van der Waals surface area (Å²) < 4.78 is 11.9. The Morgan fingerprint density at radius 2 is 1.52 bits per heavy atom. The quantitative estimate of drug-likeness (QED) is 0.0647. The van der Waals surface area contributed by atoms with Crippen LogP contribution < -0.4 is 10.6 Å². The maximum atomic E-state index is 14.6. The first-order valence-corrected chi connectivity index (χ1v) is 26.9. The Labute approximate surface area is 447 Å². The van der Waals surface area contributed by atoms with E-state index < -0.39 is 75.6 Å². The van der Waals surface area contributed by atoms with Gasteiger partial charge in [-0.1, -0.05) is 117 Å². The number of methoxy groups -OCH3 is 2. The average Bonchev–Trinajstić information content (AvgIpc) is 3.84. The summed E-state index contributed by atoms with van der Waals surface area (Å²) in [5, 5.41) is 18.0. The number of ether oxygens (including phenoxy) is 2. The van der Waals surface area contributed by atoms with E-state index in [0.717, 1.165) is 0 Å². The number of hydrogen-bond donors (Lipinski definition) is 3. The van der Waals surface area contributed by atoms with Crippen LogP contribution in [0.1, 0.15) is 99.0 Å². The number of likely N-dealkylation sites (N-methyl/N-ethyl adjacent to an activating group) is 2. The molecule has 3 N–H and O–H groups in total. The van der Waals surface area contributed by atoms with E-state index in [1.165, 1.54) is 43.2 Å². The van der Waals surface area contributed by atoms with E-state index in [9.17, 15) is 48.3 Å². The van der Waals surface area contributed by atoms with Crippen molar-refractivity contribution in [1.29, 1.82) is 0 Å². The summed E-state index contributed by atoms with van der Waals surface area (Å²) in [5.41, 5.74) is 0.383. The summed E-state index contributed by atoms with van der Waals surface area (Å²) >= 11 is 6.44. The van der Waals surface area contributed by atoms with Crippen LogP contribution in [0.4, 0.5) is 0 Å². The van der Waals surface area contributed by atoms with Gasteiger partial charge in [-0.05, 0) is 42.6 Å². The molecule has 408 valence electrons. The number of carboxylic acid groups (broad SMARTS) is 1. The Morgan fingerprint density at radius 3 is 2.08 bits per heavy atom. The van der Waals surface area contributed by atoms with Crippen LogP contribution in [0, 0.1) is 23.7 Å². The molecule has 8 amide bonds. The molecule has 20 nitrogen and oxygen atoms in total. The minimum atomic E-state index is -1.31. The molecule has 2 aliphatic rings. The highest BCUT2D eigenvalue weighted by Crippen LogP contribution is 2.31. The molecule has 0 aliphatic carbocycles. The third kappa shape index (κ3) is 16.6. The Kier molecular flexibility index (Phi) is 25.1. The van der Waals surface area contributed by atoms with Crippen molar-refractivity contribution in [3.8, 4) is 0 Å². The molecule has 22 heteroatoms. The number of alkyl halides is 2. The fourth-order valence-corrected chi connectivity index (χ4v) is 10.6. The van der Waals surface area contributed by atoms with Gasteiger partial charge in [0.15, 0.2) is 0 Å². The number of carbonyl (C=O) groups excluding carboxylic acids is 8. The zero-order valence-corrected chi connectivity index (χ0v) is 47.6. The smallest absolute Gasteiger partial charge is 0.350 e. The molecule has 0 saturated carbocycles. The SMILES string of the molecule is CC[C@H](C)C(C(CC(=O)N1CCCC1C(OC)[C@@H](C)C(=O)N=C(Cc1ccccc1)C(=O)O)OC)N(C)C(=O)C(NC(=O)C(C(C)C)N(C)C(=O)CCCNC(=O)CCN1C(=O)C(Br)C(Br)C(=O)N1C)C(C)C. The van der Waals surface area contributed by atoms with Crippen molar-refractivity contribution < 1.29 is 57.7 Å². The molecule has 2 saturated heterocycles. The fraction of sp³-hybridized carbons (Fsp3) is 0.686. The molecule has 1 aromatic rings. The van der Waals surface area contributed by atoms with Gasteiger partial charge in [0, 0.05) is 67.7 Å². The molecule has 1 aromatic carbocycles. The summed E-state index contributed by atoms with van der Waals surface area (Å²) in [6.07, 6.45) is 0.250. The summed E-state index contributed by atoms with van der Waals surface area (Å²) in [7, 11) is 7.54. The summed E-state index contributed by atoms with van der Waals surface area (Å²) in [6, 6.07) is 5.74. The zero-order chi connectivity index (χ0) is 55.0. The van der Waals surface area contributed by atoms with Crippen molar-refractivity contribution in [2.24, 2.45) is 28.7 Å². The van der Waals surface area contributed by atoms with Crippen LogP contribution >= 0.6 is 31.9 Å². The van der Waals surface area contributed by atoms with Crippen LogP contribution in [-0.4, -0.2) is 190 Å². The number of hydrogen-bond acceptors (Lipinski definition) is 11. The first-order valence-electron chi connectivity index (χ1n) is 25.0. The number of hydrazine groups is 1. The van der Waals surface area contributed by atoms with Gasteiger partial charge in [0.05, 0.1) is 43.2 Å². The number of nitrogens with one attached hydrogen (secondary N) is 2. The van der Waals surface area contributed by atoms with Gasteiger partial charge in [-0.3, -0.25) is 48.4 Å². The lowest BCUT2D eigenvalue weighted by Gasteiger charge is -2.41. The van der Waals surface area contributed by atoms with Gasteiger partial charge in [0.2, 0.25) is 29.5 Å². The lowest BCUT2D eigenvalue weighted by Crippen LogP contribution is -2.60. The van der Waals surface area contributed by atoms with Gasteiger partial charge in [-0.25, -0.2) is 9.79 Å². The Hall–Kier alpha value is -4.80. The highest BCUT2D eigenvalue weighted by molar-refractivity contribution is 9.12. The number of halogens is 2. The monoisotopic (exact) mass is 1150 g/mol. The van der Waals surface area contributed by atoms with Gasteiger partial charge in [0.25, 0.3) is 17.7 Å². The third-order valence-electron chi connectivity index (χ3n) is 14.0. The molecule has 2 aliphatic heterocycles. The number of amides is 8. The van der Waals surface area contributed by atoms with Crippen LogP contribution in [0.2, 0.25) is 0 Å². The maximum Gasteiger partial charge on any atom is 0.350 e. The molecular weight excluding hydrogens is 1080 g/mol. The second-order valence-corrected chi connectivity index (χ2v) is 21.7. The molecule has 73 heavy (non-hydrogen) atoms. The lowest BCUT2D eigenvalue weighted by molar-refractivity contribution is -0.166. The first-order chi connectivity index (χ1) is 34.3. The molecule has 0 spiro atoms. The number of nitrogens with zero attached hydrogens (tertiary/aromatic N) is 6. The predicted octanol–water partition coefficient (Wildman–Crippen LogP) is 3.85. The van der Waals surface area contributed by atoms with Crippen LogP contribution in [0.25, 0.3) is 0 Å². The minimum Gasteiger partial charge on any atom is -0.477 e. The summed E-state index contributed by atoms with van der Waals surface area (Å²) in [6.45, 7) is 13.3. The van der Waals surface area contributed by atoms with Crippen LogP contribution in [-0.2, 0) is 59.0 Å².